The molecule has 16 heteroatoms. The van der Waals surface area contributed by atoms with Gasteiger partial charge in [0.1, 0.15) is 24.2 Å². The van der Waals surface area contributed by atoms with Crippen molar-refractivity contribution in [3.63, 3.8) is 0 Å². The quantitative estimate of drug-likeness (QED) is 0.0992. The highest BCUT2D eigenvalue weighted by Gasteiger charge is 2.34. The second-order valence-corrected chi connectivity index (χ2v) is 15.8. The van der Waals surface area contributed by atoms with Crippen LogP contribution in [0.15, 0.2) is 41.3 Å². The van der Waals surface area contributed by atoms with Crippen molar-refractivity contribution < 1.29 is 37.5 Å². The number of benzene rings is 2. The first-order valence-electron chi connectivity index (χ1n) is 17.1. The molecule has 51 heavy (non-hydrogen) atoms. The zero-order chi connectivity index (χ0) is 38.6. The molecule has 6 N–H and O–H groups in total. The van der Waals surface area contributed by atoms with Gasteiger partial charge in [0.2, 0.25) is 33.7 Å². The molecule has 0 saturated carbocycles. The van der Waals surface area contributed by atoms with Crippen LogP contribution < -0.4 is 30.9 Å². The number of hydrogen-bond donors (Lipinski definition) is 7. The summed E-state index contributed by atoms with van der Waals surface area (Å²) in [5.41, 5.74) is 0.821. The Morgan fingerprint density at radius 2 is 1.31 bits per heavy atom. The lowest BCUT2D eigenvalue weighted by molar-refractivity contribution is -0.143. The molecule has 0 unspecified atom stereocenters. The summed E-state index contributed by atoms with van der Waals surface area (Å²) in [5, 5.41) is 21.2. The fraction of sp³-hybridized carbons (Fsp3) is 0.571. The molecule has 0 aliphatic rings. The third-order valence-electron chi connectivity index (χ3n) is 8.34. The summed E-state index contributed by atoms with van der Waals surface area (Å²) in [5.74, 6) is -4.63. The summed E-state index contributed by atoms with van der Waals surface area (Å²) in [7, 11) is -0.451. The van der Waals surface area contributed by atoms with E-state index < -0.39 is 76.3 Å². The number of carbonyl (C=O) groups is 5. The molecule has 5 atom stereocenters. The van der Waals surface area contributed by atoms with Crippen LogP contribution in [0.1, 0.15) is 60.8 Å². The molecule has 0 radical (unpaired) electrons. The van der Waals surface area contributed by atoms with Crippen LogP contribution in [0.4, 0.5) is 5.69 Å². The maximum atomic E-state index is 13.6. The van der Waals surface area contributed by atoms with E-state index >= 15 is 0 Å². The molecule has 0 spiro atoms. The minimum Gasteiger partial charge on any atom is -0.480 e. The number of nitrogens with one attached hydrogen (secondary N) is 5. The number of fused-ring (bicyclic) bond motifs is 1. The predicted molar refractivity (Wildman–Crippen MR) is 201 cm³/mol. The number of carboxylic acid groups (broad SMARTS) is 1. The molecule has 0 bridgehead atoms. The molecule has 0 saturated heterocycles. The van der Waals surface area contributed by atoms with E-state index in [-0.39, 0.29) is 35.3 Å². The van der Waals surface area contributed by atoms with Gasteiger partial charge in [0.05, 0.1) is 11.4 Å². The summed E-state index contributed by atoms with van der Waals surface area (Å²) in [6.07, 6.45) is 0.889. The smallest absolute Gasteiger partial charge is 0.326 e. The van der Waals surface area contributed by atoms with Gasteiger partial charge in [-0.3, -0.25) is 19.2 Å². The van der Waals surface area contributed by atoms with Crippen molar-refractivity contribution in [3.8, 4) is 0 Å². The van der Waals surface area contributed by atoms with E-state index in [0.717, 1.165) is 5.69 Å². The number of thiol groups is 1. The van der Waals surface area contributed by atoms with Gasteiger partial charge in [-0.05, 0) is 42.7 Å². The number of rotatable bonds is 20. The summed E-state index contributed by atoms with van der Waals surface area (Å²) in [6, 6.07) is 5.60. The Bertz CT molecular complexity index is 1650. The van der Waals surface area contributed by atoms with E-state index in [9.17, 15) is 37.5 Å². The summed E-state index contributed by atoms with van der Waals surface area (Å²) >= 11 is 4.20. The zero-order valence-electron chi connectivity index (χ0n) is 30.6. The molecule has 0 fully saturated rings. The van der Waals surface area contributed by atoms with Gasteiger partial charge in [-0.15, -0.1) is 0 Å². The second kappa shape index (κ2) is 19.6. The minimum atomic E-state index is -4.15. The van der Waals surface area contributed by atoms with Gasteiger partial charge in [-0.1, -0.05) is 72.2 Å². The summed E-state index contributed by atoms with van der Waals surface area (Å²) in [6.45, 7) is 10.3. The molecule has 0 heterocycles. The number of anilines is 1. The standard InChI is InChI=1S/C35H54N6O8S2/c1-9-22(6)31(34(45)38-25(16-20(2)3)32(43)39-26(35(46)47)17-21(4)5)40-33(44)27(19-50)37-30(42)18-36-51(48,49)29-15-11-12-23-24(29)13-10-14-28(23)41(7)8/h10-15,20-22,25-27,31,36,50H,9,16-19H2,1-8H3,(H,37,42)(H,38,45)(H,39,43)(H,40,44)(H,46,47)/t22-,25-,26-,27-,31-/m0/s1. The van der Waals surface area contributed by atoms with Gasteiger partial charge in [0.15, 0.2) is 0 Å². The number of sulfonamides is 1. The van der Waals surface area contributed by atoms with Crippen LogP contribution in [-0.2, 0) is 34.0 Å². The van der Waals surface area contributed by atoms with Crippen molar-refractivity contribution in [2.75, 3.05) is 31.3 Å². The first-order chi connectivity index (χ1) is 23.8. The van der Waals surface area contributed by atoms with Crippen LogP contribution in [0.5, 0.6) is 0 Å². The lowest BCUT2D eigenvalue weighted by Gasteiger charge is -2.29. The Balaban J connectivity index is 2.17. The number of carboxylic acids is 1. The van der Waals surface area contributed by atoms with Crippen LogP contribution in [0.3, 0.4) is 0 Å². The zero-order valence-corrected chi connectivity index (χ0v) is 32.4. The molecular formula is C35H54N6O8S2. The highest BCUT2D eigenvalue weighted by Crippen LogP contribution is 2.30. The SMILES string of the molecule is CC[C@H](C)[C@H](NC(=O)[C@H](CS)NC(=O)CNS(=O)(=O)c1cccc2c(N(C)C)cccc12)C(=O)N[C@@H](CC(C)C)C(=O)N[C@@H](CC(C)C)C(=O)O. The lowest BCUT2D eigenvalue weighted by atomic mass is 9.96. The van der Waals surface area contributed by atoms with E-state index in [1.165, 1.54) is 6.07 Å². The predicted octanol–water partition coefficient (Wildman–Crippen LogP) is 2.28. The largest absolute Gasteiger partial charge is 0.480 e. The van der Waals surface area contributed by atoms with Crippen LogP contribution in [-0.4, -0.2) is 93.7 Å². The van der Waals surface area contributed by atoms with E-state index in [1.807, 2.05) is 59.7 Å². The third kappa shape index (κ3) is 12.7. The van der Waals surface area contributed by atoms with Gasteiger partial charge in [-0.25, -0.2) is 17.9 Å². The monoisotopic (exact) mass is 750 g/mol. The number of carbonyl (C=O) groups excluding carboxylic acids is 4. The molecule has 14 nitrogen and oxygen atoms in total. The Kier molecular flexibility index (Phi) is 16.7. The molecule has 284 valence electrons. The van der Waals surface area contributed by atoms with E-state index in [2.05, 4.69) is 38.6 Å². The first kappa shape index (κ1) is 43.3. The van der Waals surface area contributed by atoms with Gasteiger partial charge in [-0.2, -0.15) is 12.6 Å². The molecule has 0 aromatic heterocycles. The van der Waals surface area contributed by atoms with Gasteiger partial charge in [0.25, 0.3) is 0 Å². The maximum absolute atomic E-state index is 13.6. The third-order valence-corrected chi connectivity index (χ3v) is 10.2. The van der Waals surface area contributed by atoms with Crippen LogP contribution >= 0.6 is 12.6 Å². The fourth-order valence-corrected chi connectivity index (χ4v) is 6.91. The van der Waals surface area contributed by atoms with Gasteiger partial charge >= 0.3 is 5.97 Å². The van der Waals surface area contributed by atoms with Crippen molar-refractivity contribution in [1.82, 2.24) is 26.0 Å². The number of amides is 4. The molecule has 0 aliphatic carbocycles. The van der Waals surface area contributed by atoms with E-state index in [4.69, 9.17) is 0 Å². The Hall–Kier alpha value is -3.89. The van der Waals surface area contributed by atoms with Crippen LogP contribution in [0.2, 0.25) is 0 Å². The topological polar surface area (TPSA) is 203 Å². The van der Waals surface area contributed by atoms with Crippen LogP contribution in [0.25, 0.3) is 10.8 Å². The normalized spacial score (nSPS) is 14.6. The van der Waals surface area contributed by atoms with Gasteiger partial charge in [0, 0.05) is 36.3 Å². The van der Waals surface area contributed by atoms with Crippen molar-refractivity contribution in [2.45, 2.75) is 89.9 Å². The van der Waals surface area contributed by atoms with Crippen LogP contribution in [0, 0.1) is 17.8 Å². The van der Waals surface area contributed by atoms with Crippen molar-refractivity contribution in [1.29, 1.82) is 0 Å². The lowest BCUT2D eigenvalue weighted by Crippen LogP contribution is -2.60. The maximum Gasteiger partial charge on any atom is 0.326 e. The minimum absolute atomic E-state index is 0.00389. The van der Waals surface area contributed by atoms with E-state index in [0.29, 0.717) is 17.2 Å². The number of hydrogen-bond acceptors (Lipinski definition) is 9. The fourth-order valence-electron chi connectivity index (χ4n) is 5.45. The molecule has 2 aromatic rings. The number of aliphatic carboxylic acids is 1. The Morgan fingerprint density at radius 3 is 1.86 bits per heavy atom. The van der Waals surface area contributed by atoms with Crippen molar-refractivity contribution >= 4 is 68.7 Å². The summed E-state index contributed by atoms with van der Waals surface area (Å²) < 4.78 is 28.9. The van der Waals surface area contributed by atoms with Crippen molar-refractivity contribution in [3.05, 3.63) is 36.4 Å². The number of nitrogens with zero attached hydrogens (tertiary/aromatic N) is 1. The Morgan fingerprint density at radius 1 is 0.765 bits per heavy atom. The average Bonchev–Trinajstić information content (AvgIpc) is 3.06. The molecule has 0 aliphatic heterocycles. The first-order valence-corrected chi connectivity index (χ1v) is 19.2. The molecular weight excluding hydrogens is 697 g/mol. The molecule has 2 rings (SSSR count). The average molecular weight is 751 g/mol. The molecule has 2 aromatic carbocycles. The highest BCUT2D eigenvalue weighted by atomic mass is 32.2. The van der Waals surface area contributed by atoms with Crippen molar-refractivity contribution in [2.24, 2.45) is 17.8 Å². The van der Waals surface area contributed by atoms with Gasteiger partial charge < -0.3 is 31.3 Å². The molecule has 4 amide bonds. The Labute approximate surface area is 306 Å². The summed E-state index contributed by atoms with van der Waals surface area (Å²) in [4.78, 5) is 66.7. The second-order valence-electron chi connectivity index (χ2n) is 13.7. The highest BCUT2D eigenvalue weighted by molar-refractivity contribution is 7.89. The van der Waals surface area contributed by atoms with E-state index in [1.54, 1.807) is 31.2 Å².